The molecule has 0 aliphatic carbocycles. The van der Waals surface area contributed by atoms with Crippen LogP contribution in [0, 0.1) is 0 Å². The van der Waals surface area contributed by atoms with Crippen molar-refractivity contribution in [1.82, 2.24) is 9.97 Å². The number of nitrogen functional groups attached to an aromatic ring is 1. The molecule has 2 heterocycles. The highest BCUT2D eigenvalue weighted by Crippen LogP contribution is 2.20. The van der Waals surface area contributed by atoms with Gasteiger partial charge in [-0.2, -0.15) is 0 Å². The van der Waals surface area contributed by atoms with Crippen LogP contribution in [0.5, 0.6) is 0 Å². The van der Waals surface area contributed by atoms with Gasteiger partial charge in [-0.25, -0.2) is 4.98 Å². The molecule has 0 bridgehead atoms. The van der Waals surface area contributed by atoms with E-state index in [4.69, 9.17) is 17.3 Å². The number of pyridine rings is 2. The van der Waals surface area contributed by atoms with Crippen LogP contribution in [0.1, 0.15) is 5.56 Å². The van der Waals surface area contributed by atoms with E-state index in [1.54, 1.807) is 24.7 Å². The molecule has 0 aliphatic rings. The number of aromatic nitrogens is 2. The van der Waals surface area contributed by atoms with Gasteiger partial charge in [-0.1, -0.05) is 11.6 Å². The van der Waals surface area contributed by atoms with Crippen LogP contribution in [0.15, 0.2) is 36.8 Å². The third kappa shape index (κ3) is 3.32. The van der Waals surface area contributed by atoms with Gasteiger partial charge in [0.15, 0.2) is 0 Å². The van der Waals surface area contributed by atoms with Gasteiger partial charge in [0.05, 0.1) is 16.9 Å². The van der Waals surface area contributed by atoms with E-state index < -0.39 is 0 Å². The van der Waals surface area contributed by atoms with E-state index in [1.807, 2.05) is 12.1 Å². The Bertz CT molecular complexity index is 487. The van der Waals surface area contributed by atoms with Crippen molar-refractivity contribution in [3.63, 3.8) is 0 Å². The molecule has 0 atom stereocenters. The maximum Gasteiger partial charge on any atom is 0.144 e. The van der Waals surface area contributed by atoms with Crippen molar-refractivity contribution in [2.45, 2.75) is 6.42 Å². The van der Waals surface area contributed by atoms with E-state index in [-0.39, 0.29) is 0 Å². The van der Waals surface area contributed by atoms with Gasteiger partial charge in [0, 0.05) is 18.9 Å². The molecule has 88 valence electrons. The van der Waals surface area contributed by atoms with Crippen LogP contribution in [0.25, 0.3) is 0 Å². The normalized spacial score (nSPS) is 10.2. The summed E-state index contributed by atoms with van der Waals surface area (Å²) in [5.41, 5.74) is 7.35. The summed E-state index contributed by atoms with van der Waals surface area (Å²) < 4.78 is 0. The lowest BCUT2D eigenvalue weighted by Crippen LogP contribution is -2.07. The summed E-state index contributed by atoms with van der Waals surface area (Å²) in [5.74, 6) is 0.662. The van der Waals surface area contributed by atoms with Gasteiger partial charge < -0.3 is 11.1 Å². The summed E-state index contributed by atoms with van der Waals surface area (Å²) in [7, 11) is 0. The van der Waals surface area contributed by atoms with Crippen LogP contribution >= 0.6 is 11.6 Å². The van der Waals surface area contributed by atoms with Crippen molar-refractivity contribution in [1.29, 1.82) is 0 Å². The van der Waals surface area contributed by atoms with E-state index in [0.29, 0.717) is 16.5 Å². The molecular formula is C12H13ClN4. The van der Waals surface area contributed by atoms with Crippen LogP contribution in [0.2, 0.25) is 5.02 Å². The molecule has 5 heteroatoms. The number of hydrogen-bond acceptors (Lipinski definition) is 4. The summed E-state index contributed by atoms with van der Waals surface area (Å²) >= 11 is 6.00. The lowest BCUT2D eigenvalue weighted by molar-refractivity contribution is 1.00. The molecule has 2 rings (SSSR count). The van der Waals surface area contributed by atoms with Crippen molar-refractivity contribution in [2.24, 2.45) is 0 Å². The van der Waals surface area contributed by atoms with Gasteiger partial charge in [0.1, 0.15) is 5.82 Å². The zero-order valence-corrected chi connectivity index (χ0v) is 9.98. The zero-order chi connectivity index (χ0) is 12.1. The lowest BCUT2D eigenvalue weighted by atomic mass is 10.2. The minimum atomic E-state index is 0.541. The Morgan fingerprint density at radius 2 is 2.06 bits per heavy atom. The minimum Gasteiger partial charge on any atom is -0.397 e. The fraction of sp³-hybridized carbons (Fsp3) is 0.167. The molecule has 0 radical (unpaired) electrons. The molecule has 0 amide bonds. The van der Waals surface area contributed by atoms with Crippen LogP contribution < -0.4 is 11.1 Å². The number of nitrogens with one attached hydrogen (secondary N) is 1. The maximum absolute atomic E-state index is 6.00. The summed E-state index contributed by atoms with van der Waals surface area (Å²) in [4.78, 5) is 8.10. The van der Waals surface area contributed by atoms with Crippen molar-refractivity contribution in [2.75, 3.05) is 17.6 Å². The van der Waals surface area contributed by atoms with Crippen molar-refractivity contribution in [3.8, 4) is 0 Å². The summed E-state index contributed by atoms with van der Waals surface area (Å²) in [6, 6.07) is 5.66. The zero-order valence-electron chi connectivity index (χ0n) is 9.23. The molecule has 2 aromatic rings. The number of halogens is 1. The Kier molecular flexibility index (Phi) is 3.77. The molecule has 0 unspecified atom stereocenters. The van der Waals surface area contributed by atoms with Gasteiger partial charge in [0.2, 0.25) is 0 Å². The monoisotopic (exact) mass is 248 g/mol. The fourth-order valence-corrected chi connectivity index (χ4v) is 1.70. The number of nitrogens with zero attached hydrogens (tertiary/aromatic N) is 2. The van der Waals surface area contributed by atoms with Gasteiger partial charge in [-0.3, -0.25) is 4.98 Å². The molecule has 0 saturated carbocycles. The largest absolute Gasteiger partial charge is 0.397 e. The first-order chi connectivity index (χ1) is 8.25. The highest BCUT2D eigenvalue weighted by molar-refractivity contribution is 6.33. The van der Waals surface area contributed by atoms with Gasteiger partial charge >= 0.3 is 0 Å². The molecule has 0 aliphatic heterocycles. The highest BCUT2D eigenvalue weighted by atomic mass is 35.5. The topological polar surface area (TPSA) is 63.8 Å². The van der Waals surface area contributed by atoms with E-state index in [2.05, 4.69) is 15.3 Å². The molecule has 4 nitrogen and oxygen atoms in total. The van der Waals surface area contributed by atoms with Crippen LogP contribution in [-0.4, -0.2) is 16.5 Å². The molecule has 2 aromatic heterocycles. The van der Waals surface area contributed by atoms with Crippen LogP contribution in [0.3, 0.4) is 0 Å². The second kappa shape index (κ2) is 5.50. The second-order valence-electron chi connectivity index (χ2n) is 3.63. The summed E-state index contributed by atoms with van der Waals surface area (Å²) in [6.45, 7) is 0.765. The Morgan fingerprint density at radius 1 is 1.29 bits per heavy atom. The predicted octanol–water partition coefficient (Wildman–Crippen LogP) is 2.37. The van der Waals surface area contributed by atoms with E-state index >= 15 is 0 Å². The molecule has 0 aromatic carbocycles. The lowest BCUT2D eigenvalue weighted by Gasteiger charge is -2.07. The number of nitrogens with two attached hydrogens (primary N) is 1. The Morgan fingerprint density at radius 3 is 2.76 bits per heavy atom. The molecule has 0 fully saturated rings. The highest BCUT2D eigenvalue weighted by Gasteiger charge is 2.01. The Balaban J connectivity index is 1.90. The molecule has 0 spiro atoms. The van der Waals surface area contributed by atoms with E-state index in [1.165, 1.54) is 5.56 Å². The number of rotatable bonds is 4. The first kappa shape index (κ1) is 11.7. The predicted molar refractivity (Wildman–Crippen MR) is 70.1 cm³/mol. The van der Waals surface area contributed by atoms with Gasteiger partial charge in [-0.05, 0) is 30.2 Å². The summed E-state index contributed by atoms with van der Waals surface area (Å²) in [5, 5.41) is 3.71. The smallest absolute Gasteiger partial charge is 0.144 e. The minimum absolute atomic E-state index is 0.541. The average Bonchev–Trinajstić information content (AvgIpc) is 2.33. The Labute approximate surface area is 105 Å². The summed E-state index contributed by atoms with van der Waals surface area (Å²) in [6.07, 6.45) is 6.04. The van der Waals surface area contributed by atoms with Crippen molar-refractivity contribution < 1.29 is 0 Å². The van der Waals surface area contributed by atoms with Crippen molar-refractivity contribution >= 4 is 23.1 Å². The molecule has 3 N–H and O–H groups in total. The average molecular weight is 249 g/mol. The molecule has 17 heavy (non-hydrogen) atoms. The van der Waals surface area contributed by atoms with Crippen LogP contribution in [0.4, 0.5) is 11.5 Å². The first-order valence-corrected chi connectivity index (χ1v) is 5.67. The van der Waals surface area contributed by atoms with E-state index in [0.717, 1.165) is 13.0 Å². The third-order valence-corrected chi connectivity index (χ3v) is 2.61. The SMILES string of the molecule is Nc1cnc(NCCc2ccncc2)c(Cl)c1. The standard InChI is InChI=1S/C12H13ClN4/c13-11-7-10(14)8-17-12(11)16-6-3-9-1-4-15-5-2-9/h1-2,4-5,7-8H,3,6,14H2,(H,16,17). The van der Waals surface area contributed by atoms with Crippen LogP contribution in [-0.2, 0) is 6.42 Å². The molecular weight excluding hydrogens is 236 g/mol. The second-order valence-corrected chi connectivity index (χ2v) is 4.04. The van der Waals surface area contributed by atoms with Gasteiger partial charge in [-0.15, -0.1) is 0 Å². The maximum atomic E-state index is 6.00. The van der Waals surface area contributed by atoms with Gasteiger partial charge in [0.25, 0.3) is 0 Å². The first-order valence-electron chi connectivity index (χ1n) is 5.29. The number of hydrogen-bond donors (Lipinski definition) is 2. The third-order valence-electron chi connectivity index (χ3n) is 2.32. The Hall–Kier alpha value is -1.81. The van der Waals surface area contributed by atoms with E-state index in [9.17, 15) is 0 Å². The number of anilines is 2. The molecule has 0 saturated heterocycles. The fourth-order valence-electron chi connectivity index (χ4n) is 1.46. The van der Waals surface area contributed by atoms with Crippen molar-refractivity contribution in [3.05, 3.63) is 47.4 Å². The quantitative estimate of drug-likeness (QED) is 0.872.